The van der Waals surface area contributed by atoms with E-state index in [4.69, 9.17) is 9.47 Å². The predicted octanol–water partition coefficient (Wildman–Crippen LogP) is 3.21. The number of fused-ring (bicyclic) bond motifs is 4. The molecule has 3 aromatic heterocycles. The molecule has 3 N–H and O–H groups in total. The van der Waals surface area contributed by atoms with Gasteiger partial charge in [0.05, 0.1) is 53.1 Å². The summed E-state index contributed by atoms with van der Waals surface area (Å²) in [6.45, 7) is 3.32. The monoisotopic (exact) mass is 497 g/mol. The number of morpholine rings is 1. The first-order valence-corrected chi connectivity index (χ1v) is 11.1. The molecule has 0 aliphatic carbocycles. The Hall–Kier alpha value is -3.18. The van der Waals surface area contributed by atoms with Crippen LogP contribution >= 0.6 is 15.9 Å². The minimum atomic E-state index is -0.0686. The molecule has 1 amide bonds. The number of benzene rings is 1. The summed E-state index contributed by atoms with van der Waals surface area (Å²) in [6.07, 6.45) is 3.31. The quantitative estimate of drug-likeness (QED) is 0.395. The van der Waals surface area contributed by atoms with Crippen molar-refractivity contribution in [3.63, 3.8) is 0 Å². The van der Waals surface area contributed by atoms with Crippen molar-refractivity contribution in [1.29, 1.82) is 0 Å². The van der Waals surface area contributed by atoms with Crippen LogP contribution in [0.25, 0.3) is 21.9 Å². The van der Waals surface area contributed by atoms with Crippen molar-refractivity contribution in [1.82, 2.24) is 30.0 Å². The third-order valence-corrected chi connectivity index (χ3v) is 7.26. The number of hydrogen-bond acceptors (Lipinski definition) is 7. The molecule has 2 saturated heterocycles. The number of aromatic amines is 2. The summed E-state index contributed by atoms with van der Waals surface area (Å²) in [5, 5.41) is 12.0. The molecule has 2 fully saturated rings. The van der Waals surface area contributed by atoms with Gasteiger partial charge in [-0.1, -0.05) is 6.92 Å². The Bertz CT molecular complexity index is 1370. The van der Waals surface area contributed by atoms with E-state index in [9.17, 15) is 4.79 Å². The van der Waals surface area contributed by atoms with Gasteiger partial charge in [-0.15, -0.1) is 0 Å². The van der Waals surface area contributed by atoms with E-state index in [1.807, 2.05) is 17.0 Å². The van der Waals surface area contributed by atoms with E-state index in [1.165, 1.54) is 6.33 Å². The van der Waals surface area contributed by atoms with Crippen LogP contribution in [0.2, 0.25) is 0 Å². The molecule has 3 unspecified atom stereocenters. The van der Waals surface area contributed by atoms with E-state index >= 15 is 0 Å². The Morgan fingerprint density at radius 1 is 1.38 bits per heavy atom. The number of H-pyrrole nitrogens is 2. The maximum Gasteiger partial charge on any atom is 0.271 e. The standard InChI is InChI=1S/C21H20BrN7O3/c1-9-13-7-32-15(9)6-29(13)21(30)18-17(22)16-19(23-8-24-20(16)27-18)26-12-3-10-5-25-28-11(10)4-14(12)31-2/h3-5,8-9,13,15H,6-7H2,1-2H3,(H,25,28)(H2,23,24,26,27). The number of aromatic nitrogens is 5. The van der Waals surface area contributed by atoms with Crippen molar-refractivity contribution in [3.05, 3.63) is 34.8 Å². The highest BCUT2D eigenvalue weighted by Crippen LogP contribution is 2.39. The number of amides is 1. The van der Waals surface area contributed by atoms with Crippen LogP contribution in [0, 0.1) is 5.92 Å². The number of rotatable bonds is 4. The number of nitrogens with zero attached hydrogens (tertiary/aromatic N) is 4. The van der Waals surface area contributed by atoms with E-state index in [0.717, 1.165) is 16.6 Å². The van der Waals surface area contributed by atoms with E-state index in [1.54, 1.807) is 13.3 Å². The second-order valence-corrected chi connectivity index (χ2v) is 8.94. The maximum atomic E-state index is 13.4. The van der Waals surface area contributed by atoms with Crippen molar-refractivity contribution in [3.8, 4) is 5.75 Å². The molecule has 5 heterocycles. The van der Waals surface area contributed by atoms with Crippen molar-refractivity contribution >= 4 is 55.3 Å². The predicted molar refractivity (Wildman–Crippen MR) is 121 cm³/mol. The van der Waals surface area contributed by atoms with Gasteiger partial charge in [0.2, 0.25) is 0 Å². The number of carbonyl (C=O) groups is 1. The molecule has 2 aliphatic heterocycles. The van der Waals surface area contributed by atoms with Crippen LogP contribution in [0.15, 0.2) is 29.1 Å². The fraction of sp³-hybridized carbons (Fsp3) is 0.333. The lowest BCUT2D eigenvalue weighted by Crippen LogP contribution is -2.42. The van der Waals surface area contributed by atoms with Crippen molar-refractivity contribution < 1.29 is 14.3 Å². The molecule has 3 atom stereocenters. The number of carbonyl (C=O) groups excluding carboxylic acids is 1. The zero-order valence-corrected chi connectivity index (χ0v) is 18.9. The van der Waals surface area contributed by atoms with Gasteiger partial charge in [0.15, 0.2) is 0 Å². The lowest BCUT2D eigenvalue weighted by Gasteiger charge is -2.26. The molecule has 0 spiro atoms. The summed E-state index contributed by atoms with van der Waals surface area (Å²) < 4.78 is 11.9. The molecule has 10 nitrogen and oxygen atoms in total. The van der Waals surface area contributed by atoms with Gasteiger partial charge in [0.1, 0.15) is 29.2 Å². The Morgan fingerprint density at radius 3 is 3.00 bits per heavy atom. The van der Waals surface area contributed by atoms with Gasteiger partial charge in [-0.2, -0.15) is 5.10 Å². The highest BCUT2D eigenvalue weighted by Gasteiger charge is 2.48. The molecule has 0 radical (unpaired) electrons. The van der Waals surface area contributed by atoms with Crippen LogP contribution in [-0.2, 0) is 4.74 Å². The number of halogens is 1. The normalized spacial score (nSPS) is 22.2. The lowest BCUT2D eigenvalue weighted by atomic mass is 10.0. The first kappa shape index (κ1) is 19.5. The van der Waals surface area contributed by atoms with E-state index in [2.05, 4.69) is 53.3 Å². The zero-order valence-electron chi connectivity index (χ0n) is 17.3. The summed E-state index contributed by atoms with van der Waals surface area (Å²) >= 11 is 3.62. The van der Waals surface area contributed by atoms with E-state index in [0.29, 0.717) is 51.8 Å². The van der Waals surface area contributed by atoms with Gasteiger partial charge in [-0.3, -0.25) is 9.89 Å². The Labute approximate surface area is 190 Å². The van der Waals surface area contributed by atoms with E-state index < -0.39 is 0 Å². The molecule has 6 rings (SSSR count). The van der Waals surface area contributed by atoms with Gasteiger partial charge in [-0.25, -0.2) is 9.97 Å². The number of ether oxygens (including phenoxy) is 2. The summed E-state index contributed by atoms with van der Waals surface area (Å²) in [5.74, 6) is 1.46. The molecule has 11 heteroatoms. The van der Waals surface area contributed by atoms with Gasteiger partial charge in [0, 0.05) is 23.9 Å². The average molecular weight is 498 g/mol. The Kier molecular flexibility index (Phi) is 4.37. The average Bonchev–Trinajstić information content (AvgIpc) is 3.56. The lowest BCUT2D eigenvalue weighted by molar-refractivity contribution is 0.0247. The SMILES string of the molecule is COc1cc2[nH]ncc2cc1Nc1ncnc2[nH]c(C(=O)N3CC4OCC3C4C)c(Br)c12. The van der Waals surface area contributed by atoms with Crippen LogP contribution < -0.4 is 10.1 Å². The maximum absolute atomic E-state index is 13.4. The van der Waals surface area contributed by atoms with Crippen molar-refractivity contribution in [2.45, 2.75) is 19.1 Å². The largest absolute Gasteiger partial charge is 0.494 e. The number of methoxy groups -OCH3 is 1. The number of anilines is 2. The highest BCUT2D eigenvalue weighted by molar-refractivity contribution is 9.10. The van der Waals surface area contributed by atoms with E-state index in [-0.39, 0.29) is 18.1 Å². The fourth-order valence-electron chi connectivity index (χ4n) is 4.67. The van der Waals surface area contributed by atoms with Gasteiger partial charge in [0.25, 0.3) is 5.91 Å². The topological polar surface area (TPSA) is 121 Å². The molecule has 0 saturated carbocycles. The molecule has 2 aliphatic rings. The molecule has 32 heavy (non-hydrogen) atoms. The smallest absolute Gasteiger partial charge is 0.271 e. The van der Waals surface area contributed by atoms with Crippen molar-refractivity contribution in [2.24, 2.45) is 5.92 Å². The first-order valence-electron chi connectivity index (χ1n) is 10.3. The minimum absolute atomic E-state index is 0.0686. The molecular weight excluding hydrogens is 478 g/mol. The van der Waals surface area contributed by atoms with Gasteiger partial charge >= 0.3 is 0 Å². The summed E-state index contributed by atoms with van der Waals surface area (Å²) in [7, 11) is 1.61. The van der Waals surface area contributed by atoms with Crippen LogP contribution in [0.5, 0.6) is 5.75 Å². The van der Waals surface area contributed by atoms with Crippen LogP contribution in [0.4, 0.5) is 11.5 Å². The number of hydrogen-bond donors (Lipinski definition) is 3. The summed E-state index contributed by atoms with van der Waals surface area (Å²) in [5.41, 5.74) is 2.62. The molecule has 2 bridgehead atoms. The van der Waals surface area contributed by atoms with Crippen molar-refractivity contribution in [2.75, 3.05) is 25.6 Å². The van der Waals surface area contributed by atoms with Crippen LogP contribution in [0.1, 0.15) is 17.4 Å². The molecule has 164 valence electrons. The number of likely N-dealkylation sites (tertiary alicyclic amines) is 1. The highest BCUT2D eigenvalue weighted by atomic mass is 79.9. The molecule has 1 aromatic carbocycles. The third kappa shape index (κ3) is 2.81. The third-order valence-electron chi connectivity index (χ3n) is 6.47. The zero-order chi connectivity index (χ0) is 22.0. The Balaban J connectivity index is 1.39. The molecular formula is C21H20BrN7O3. The number of nitrogens with one attached hydrogen (secondary N) is 3. The van der Waals surface area contributed by atoms with Gasteiger partial charge < -0.3 is 24.7 Å². The summed E-state index contributed by atoms with van der Waals surface area (Å²) in [4.78, 5) is 27.2. The van der Waals surface area contributed by atoms with Crippen LogP contribution in [0.3, 0.4) is 0 Å². The van der Waals surface area contributed by atoms with Gasteiger partial charge in [-0.05, 0) is 22.0 Å². The molecule has 4 aromatic rings. The second kappa shape index (κ2) is 7.17. The fourth-order valence-corrected chi connectivity index (χ4v) is 5.31. The second-order valence-electron chi connectivity index (χ2n) is 8.15. The minimum Gasteiger partial charge on any atom is -0.494 e. The first-order chi connectivity index (χ1) is 15.5. The summed E-state index contributed by atoms with van der Waals surface area (Å²) in [6, 6.07) is 3.90. The van der Waals surface area contributed by atoms with Crippen LogP contribution in [-0.4, -0.2) is 68.4 Å². The Morgan fingerprint density at radius 2 is 2.25 bits per heavy atom.